The Bertz CT molecular complexity index is 425. The number of carboxylic acids is 1. The summed E-state index contributed by atoms with van der Waals surface area (Å²) in [4.78, 5) is 23.0. The fourth-order valence-electron chi connectivity index (χ4n) is 1.57. The highest BCUT2D eigenvalue weighted by Gasteiger charge is 2.23. The third kappa shape index (κ3) is 4.92. The highest BCUT2D eigenvalue weighted by Crippen LogP contribution is 2.10. The van der Waals surface area contributed by atoms with Crippen LogP contribution in [0.4, 0.5) is 0 Å². The van der Waals surface area contributed by atoms with E-state index in [0.717, 1.165) is 0 Å². The van der Waals surface area contributed by atoms with Crippen LogP contribution in [-0.2, 0) is 9.59 Å². The van der Waals surface area contributed by atoms with Gasteiger partial charge in [-0.05, 0) is 24.0 Å². The third-order valence-electron chi connectivity index (χ3n) is 2.67. The number of rotatable bonds is 7. The van der Waals surface area contributed by atoms with Gasteiger partial charge in [-0.15, -0.1) is 0 Å². The molecule has 0 fully saturated rings. The molecule has 0 saturated heterocycles. The highest BCUT2D eigenvalue weighted by atomic mass is 32.2. The van der Waals surface area contributed by atoms with E-state index in [0.29, 0.717) is 17.7 Å². The first-order valence-electron chi connectivity index (χ1n) is 5.89. The van der Waals surface area contributed by atoms with Gasteiger partial charge >= 0.3 is 5.97 Å². The van der Waals surface area contributed by atoms with Gasteiger partial charge in [0, 0.05) is 0 Å². The van der Waals surface area contributed by atoms with Crippen LogP contribution >= 0.6 is 11.8 Å². The predicted octanol–water partition coefficient (Wildman–Crippen LogP) is 1.01. The molecule has 0 aliphatic rings. The summed E-state index contributed by atoms with van der Waals surface area (Å²) in [5, 5.41) is 11.5. The van der Waals surface area contributed by atoms with Gasteiger partial charge in [0.25, 0.3) is 0 Å². The molecule has 0 unspecified atom stereocenters. The lowest BCUT2D eigenvalue weighted by atomic mass is 10.1. The summed E-state index contributed by atoms with van der Waals surface area (Å²) in [5.74, 6) is -0.847. The smallest absolute Gasteiger partial charge is 0.326 e. The van der Waals surface area contributed by atoms with E-state index in [4.69, 9.17) is 10.8 Å². The molecule has 0 bridgehead atoms. The maximum Gasteiger partial charge on any atom is 0.326 e. The maximum absolute atomic E-state index is 11.9. The minimum absolute atomic E-state index is 0.379. The Kier molecular flexibility index (Phi) is 6.38. The number of carbonyl (C=O) groups is 2. The largest absolute Gasteiger partial charge is 0.480 e. The van der Waals surface area contributed by atoms with Crippen molar-refractivity contribution in [3.63, 3.8) is 0 Å². The molecule has 1 rings (SSSR count). The molecular formula is C13H18N2O3S. The molecule has 0 spiro atoms. The quantitative estimate of drug-likeness (QED) is 0.694. The summed E-state index contributed by atoms with van der Waals surface area (Å²) >= 11 is 1.53. The van der Waals surface area contributed by atoms with Crippen LogP contribution in [0.5, 0.6) is 0 Å². The van der Waals surface area contributed by atoms with Gasteiger partial charge in [-0.2, -0.15) is 11.8 Å². The Labute approximate surface area is 116 Å². The van der Waals surface area contributed by atoms with Crippen molar-refractivity contribution < 1.29 is 14.7 Å². The van der Waals surface area contributed by atoms with Crippen LogP contribution in [0, 0.1) is 0 Å². The van der Waals surface area contributed by atoms with E-state index in [9.17, 15) is 9.59 Å². The molecule has 0 aromatic heterocycles. The number of nitrogens with two attached hydrogens (primary N) is 1. The topological polar surface area (TPSA) is 92.4 Å². The Morgan fingerprint density at radius 1 is 1.37 bits per heavy atom. The Morgan fingerprint density at radius 3 is 2.53 bits per heavy atom. The van der Waals surface area contributed by atoms with Crippen LogP contribution in [-0.4, -0.2) is 35.0 Å². The van der Waals surface area contributed by atoms with E-state index in [-0.39, 0.29) is 0 Å². The number of hydrogen-bond donors (Lipinski definition) is 3. The summed E-state index contributed by atoms with van der Waals surface area (Å²) in [7, 11) is 0. The minimum Gasteiger partial charge on any atom is -0.480 e. The van der Waals surface area contributed by atoms with Crippen LogP contribution in [0.15, 0.2) is 30.3 Å². The molecule has 0 saturated carbocycles. The van der Waals surface area contributed by atoms with Crippen molar-refractivity contribution in [2.24, 2.45) is 5.73 Å². The number of nitrogens with one attached hydrogen (secondary N) is 1. The Hall–Kier alpha value is -1.53. The zero-order valence-electron chi connectivity index (χ0n) is 10.7. The molecule has 0 aliphatic heterocycles. The van der Waals surface area contributed by atoms with Crippen molar-refractivity contribution >= 4 is 23.6 Å². The molecule has 2 atom stereocenters. The van der Waals surface area contributed by atoms with Crippen molar-refractivity contribution in [2.45, 2.75) is 18.5 Å². The molecule has 1 aromatic carbocycles. The summed E-state index contributed by atoms with van der Waals surface area (Å²) in [5.41, 5.74) is 6.47. The molecule has 4 N–H and O–H groups in total. The molecule has 1 aromatic rings. The van der Waals surface area contributed by atoms with Crippen molar-refractivity contribution in [2.75, 3.05) is 12.0 Å². The molecule has 104 valence electrons. The Balaban J connectivity index is 2.64. The fraction of sp³-hybridized carbons (Fsp3) is 0.385. The van der Waals surface area contributed by atoms with Crippen LogP contribution in [0.2, 0.25) is 0 Å². The van der Waals surface area contributed by atoms with E-state index in [1.54, 1.807) is 24.3 Å². The molecule has 0 radical (unpaired) electrons. The zero-order chi connectivity index (χ0) is 14.3. The van der Waals surface area contributed by atoms with Crippen molar-refractivity contribution in [3.8, 4) is 0 Å². The van der Waals surface area contributed by atoms with Gasteiger partial charge in [0.1, 0.15) is 12.1 Å². The summed E-state index contributed by atoms with van der Waals surface area (Å²) in [6.45, 7) is 0. The van der Waals surface area contributed by atoms with Crippen LogP contribution < -0.4 is 11.1 Å². The van der Waals surface area contributed by atoms with Gasteiger partial charge in [0.05, 0.1) is 0 Å². The monoisotopic (exact) mass is 282 g/mol. The minimum atomic E-state index is -1.04. The van der Waals surface area contributed by atoms with E-state index < -0.39 is 24.0 Å². The number of thioether (sulfide) groups is 1. The lowest BCUT2D eigenvalue weighted by Gasteiger charge is -2.17. The number of benzene rings is 1. The molecule has 0 aliphatic carbocycles. The first-order valence-corrected chi connectivity index (χ1v) is 7.28. The van der Waals surface area contributed by atoms with Crippen molar-refractivity contribution in [1.82, 2.24) is 5.32 Å². The molecule has 0 heterocycles. The van der Waals surface area contributed by atoms with Gasteiger partial charge < -0.3 is 16.2 Å². The number of carboxylic acid groups (broad SMARTS) is 1. The van der Waals surface area contributed by atoms with Crippen LogP contribution in [0.3, 0.4) is 0 Å². The van der Waals surface area contributed by atoms with Gasteiger partial charge in [-0.25, -0.2) is 4.79 Å². The summed E-state index contributed by atoms with van der Waals surface area (Å²) in [6, 6.07) is 7.12. The molecule has 19 heavy (non-hydrogen) atoms. The van der Waals surface area contributed by atoms with Gasteiger partial charge in [-0.3, -0.25) is 4.79 Å². The van der Waals surface area contributed by atoms with Gasteiger partial charge in [0.2, 0.25) is 5.91 Å². The van der Waals surface area contributed by atoms with E-state index >= 15 is 0 Å². The number of carbonyl (C=O) groups excluding carboxylic acids is 1. The normalized spacial score (nSPS) is 13.6. The van der Waals surface area contributed by atoms with E-state index in [1.165, 1.54) is 11.8 Å². The van der Waals surface area contributed by atoms with E-state index in [1.807, 2.05) is 12.3 Å². The molecule has 1 amide bonds. The van der Waals surface area contributed by atoms with Gasteiger partial charge in [0.15, 0.2) is 0 Å². The van der Waals surface area contributed by atoms with Gasteiger partial charge in [-0.1, -0.05) is 30.3 Å². The van der Waals surface area contributed by atoms with E-state index in [2.05, 4.69) is 5.32 Å². The first kappa shape index (κ1) is 15.5. The van der Waals surface area contributed by atoms with Crippen molar-refractivity contribution in [3.05, 3.63) is 35.9 Å². The standard InChI is InChI=1S/C13H18N2O3S/c1-19-8-7-10(13(17)18)15-12(16)11(14)9-5-3-2-4-6-9/h2-6,10-11H,7-8,14H2,1H3,(H,15,16)(H,17,18)/t10-,11-/m1/s1. The highest BCUT2D eigenvalue weighted by molar-refractivity contribution is 7.98. The molecule has 6 heteroatoms. The lowest BCUT2D eigenvalue weighted by molar-refractivity contribution is -0.142. The van der Waals surface area contributed by atoms with Crippen LogP contribution in [0.25, 0.3) is 0 Å². The second-order valence-corrected chi connectivity index (χ2v) is 5.05. The number of hydrogen-bond acceptors (Lipinski definition) is 4. The Morgan fingerprint density at radius 2 is 2.00 bits per heavy atom. The average Bonchev–Trinajstić information content (AvgIpc) is 2.43. The molecule has 5 nitrogen and oxygen atoms in total. The first-order chi connectivity index (χ1) is 9.06. The summed E-state index contributed by atoms with van der Waals surface area (Å²) < 4.78 is 0. The number of aliphatic carboxylic acids is 1. The third-order valence-corrected chi connectivity index (χ3v) is 3.31. The van der Waals surface area contributed by atoms with Crippen molar-refractivity contribution in [1.29, 1.82) is 0 Å². The summed E-state index contributed by atoms with van der Waals surface area (Å²) in [6.07, 6.45) is 2.26. The second kappa shape index (κ2) is 7.81. The fourth-order valence-corrected chi connectivity index (χ4v) is 2.04. The predicted molar refractivity (Wildman–Crippen MR) is 75.9 cm³/mol. The van der Waals surface area contributed by atoms with Crippen LogP contribution in [0.1, 0.15) is 18.0 Å². The lowest BCUT2D eigenvalue weighted by Crippen LogP contribution is -2.45. The number of amides is 1. The average molecular weight is 282 g/mol. The second-order valence-electron chi connectivity index (χ2n) is 4.07. The molecular weight excluding hydrogens is 264 g/mol. The zero-order valence-corrected chi connectivity index (χ0v) is 11.5. The maximum atomic E-state index is 11.9. The SMILES string of the molecule is CSCC[C@@H](NC(=O)[C@H](N)c1ccccc1)C(=O)O.